The Balaban J connectivity index is 1.62. The molecule has 2 fully saturated rings. The van der Waals surface area contributed by atoms with Gasteiger partial charge in [-0.05, 0) is 55.3 Å². The van der Waals surface area contributed by atoms with Gasteiger partial charge in [-0.25, -0.2) is 18.5 Å². The number of carbonyl (C=O) groups is 3. The van der Waals surface area contributed by atoms with Crippen LogP contribution >= 0.6 is 0 Å². The number of benzene rings is 2. The third-order valence-corrected chi connectivity index (χ3v) is 6.62. The summed E-state index contributed by atoms with van der Waals surface area (Å²) in [5.74, 6) is -0.544. The monoisotopic (exact) mass is 473 g/mol. The molecule has 10 nitrogen and oxygen atoms in total. The highest BCUT2D eigenvalue weighted by atomic mass is 32.2. The fourth-order valence-corrected chi connectivity index (χ4v) is 4.44. The van der Waals surface area contributed by atoms with E-state index in [4.69, 9.17) is 14.6 Å². The van der Waals surface area contributed by atoms with Gasteiger partial charge < -0.3 is 14.4 Å². The second-order valence-corrected chi connectivity index (χ2v) is 9.40. The van der Waals surface area contributed by atoms with Crippen molar-refractivity contribution < 1.29 is 32.3 Å². The molecular formula is C22H23N3O7S. The summed E-state index contributed by atoms with van der Waals surface area (Å²) in [5, 5.41) is 5.11. The van der Waals surface area contributed by atoms with E-state index in [-0.39, 0.29) is 29.0 Å². The molecule has 33 heavy (non-hydrogen) atoms. The zero-order valence-corrected chi connectivity index (χ0v) is 18.9. The van der Waals surface area contributed by atoms with Crippen molar-refractivity contribution in [3.05, 3.63) is 48.0 Å². The molecule has 2 N–H and O–H groups in total. The number of methoxy groups -OCH3 is 2. The second-order valence-electron chi connectivity index (χ2n) is 7.84. The number of ether oxygens (including phenoxy) is 2. The molecule has 1 saturated carbocycles. The maximum Gasteiger partial charge on any atom is 0.257 e. The number of amides is 3. The Bertz CT molecular complexity index is 1220. The minimum absolute atomic E-state index is 0.134. The lowest BCUT2D eigenvalue weighted by Gasteiger charge is -2.28. The quantitative estimate of drug-likeness (QED) is 0.598. The predicted molar refractivity (Wildman–Crippen MR) is 117 cm³/mol. The van der Waals surface area contributed by atoms with E-state index in [9.17, 15) is 22.8 Å². The molecule has 2 aromatic carbocycles. The van der Waals surface area contributed by atoms with E-state index >= 15 is 0 Å². The predicted octanol–water partition coefficient (Wildman–Crippen LogP) is 1.29. The standard InChI is InChI=1S/C22H23N3O7S/c1-31-18-10-3-13(11-19(18)32-2)21(27)24(14-4-5-14)17-12-20(26)25(22(17)28)15-6-8-16(9-7-15)33(23,29)30/h3,6-11,14,17H,4-5,12H2,1-2H3,(H2,23,29,30). The van der Waals surface area contributed by atoms with Gasteiger partial charge in [-0.15, -0.1) is 0 Å². The molecule has 0 aromatic heterocycles. The SMILES string of the molecule is COc1ccc(C(=O)N(C2CC2)C2CC(=O)N(c3ccc(S(N)(=O)=O)cc3)C2=O)cc1OC. The first-order chi connectivity index (χ1) is 15.7. The summed E-state index contributed by atoms with van der Waals surface area (Å²) in [4.78, 5) is 41.7. The molecule has 11 heteroatoms. The number of hydrogen-bond donors (Lipinski definition) is 1. The maximum atomic E-state index is 13.4. The van der Waals surface area contributed by atoms with Gasteiger partial charge in [0.2, 0.25) is 15.9 Å². The molecule has 1 saturated heterocycles. The summed E-state index contributed by atoms with van der Waals surface area (Å²) in [6.45, 7) is 0. The molecule has 0 radical (unpaired) electrons. The summed E-state index contributed by atoms with van der Waals surface area (Å²) < 4.78 is 33.5. The fourth-order valence-electron chi connectivity index (χ4n) is 3.92. The van der Waals surface area contributed by atoms with Gasteiger partial charge in [-0.3, -0.25) is 14.4 Å². The molecule has 1 aliphatic carbocycles. The molecule has 1 atom stereocenters. The van der Waals surface area contributed by atoms with E-state index in [1.54, 1.807) is 18.2 Å². The molecule has 174 valence electrons. The van der Waals surface area contributed by atoms with Crippen molar-refractivity contribution in [2.75, 3.05) is 19.1 Å². The minimum atomic E-state index is -3.91. The van der Waals surface area contributed by atoms with Crippen LogP contribution in [0.25, 0.3) is 0 Å². The largest absolute Gasteiger partial charge is 0.493 e. The number of nitrogens with two attached hydrogens (primary N) is 1. The van der Waals surface area contributed by atoms with Crippen molar-refractivity contribution in [3.63, 3.8) is 0 Å². The second kappa shape index (κ2) is 8.49. The molecular weight excluding hydrogens is 450 g/mol. The van der Waals surface area contributed by atoms with Crippen LogP contribution in [0.5, 0.6) is 11.5 Å². The van der Waals surface area contributed by atoms with Crippen LogP contribution in [0.3, 0.4) is 0 Å². The summed E-state index contributed by atoms with van der Waals surface area (Å²) in [7, 11) is -0.960. The zero-order valence-electron chi connectivity index (χ0n) is 18.1. The van der Waals surface area contributed by atoms with Gasteiger partial charge >= 0.3 is 0 Å². The van der Waals surface area contributed by atoms with Crippen LogP contribution in [0.1, 0.15) is 29.6 Å². The van der Waals surface area contributed by atoms with E-state index in [0.29, 0.717) is 17.1 Å². The van der Waals surface area contributed by atoms with E-state index in [1.807, 2.05) is 0 Å². The van der Waals surface area contributed by atoms with Crippen LogP contribution in [-0.2, 0) is 19.6 Å². The first kappa shape index (κ1) is 22.7. The van der Waals surface area contributed by atoms with Crippen LogP contribution in [0.2, 0.25) is 0 Å². The van der Waals surface area contributed by atoms with E-state index in [0.717, 1.165) is 17.7 Å². The Hall–Kier alpha value is -3.44. The van der Waals surface area contributed by atoms with E-state index in [2.05, 4.69) is 0 Å². The van der Waals surface area contributed by atoms with Gasteiger partial charge in [-0.2, -0.15) is 0 Å². The number of imide groups is 1. The van der Waals surface area contributed by atoms with Gasteiger partial charge in [-0.1, -0.05) is 0 Å². The Morgan fingerprint density at radius 2 is 1.67 bits per heavy atom. The molecule has 3 amide bonds. The number of carbonyl (C=O) groups excluding carboxylic acids is 3. The number of hydrogen-bond acceptors (Lipinski definition) is 7. The number of sulfonamides is 1. The van der Waals surface area contributed by atoms with Crippen molar-refractivity contribution in [1.29, 1.82) is 0 Å². The molecule has 4 rings (SSSR count). The van der Waals surface area contributed by atoms with Crippen LogP contribution < -0.4 is 19.5 Å². The lowest BCUT2D eigenvalue weighted by molar-refractivity contribution is -0.122. The molecule has 0 bridgehead atoms. The van der Waals surface area contributed by atoms with E-state index in [1.165, 1.54) is 43.4 Å². The smallest absolute Gasteiger partial charge is 0.257 e. The lowest BCUT2D eigenvalue weighted by Crippen LogP contribution is -2.46. The molecule has 2 aromatic rings. The third-order valence-electron chi connectivity index (χ3n) is 5.69. The Morgan fingerprint density at radius 3 is 2.21 bits per heavy atom. The summed E-state index contributed by atoms with van der Waals surface area (Å²) in [5.41, 5.74) is 0.532. The van der Waals surface area contributed by atoms with Crippen molar-refractivity contribution in [3.8, 4) is 11.5 Å². The normalized spacial score (nSPS) is 18.4. The Labute approximate surface area is 190 Å². The fraction of sp³-hybridized carbons (Fsp3) is 0.318. The van der Waals surface area contributed by atoms with Crippen LogP contribution in [0.15, 0.2) is 47.4 Å². The first-order valence-electron chi connectivity index (χ1n) is 10.2. The average molecular weight is 474 g/mol. The Kier molecular flexibility index (Phi) is 5.85. The topological polar surface area (TPSA) is 136 Å². The molecule has 1 unspecified atom stereocenters. The van der Waals surface area contributed by atoms with Gasteiger partial charge in [0, 0.05) is 11.6 Å². The van der Waals surface area contributed by atoms with Crippen LogP contribution in [-0.4, -0.2) is 57.3 Å². The summed E-state index contributed by atoms with van der Waals surface area (Å²) in [6.07, 6.45) is 1.31. The average Bonchev–Trinajstić information content (AvgIpc) is 3.58. The third kappa shape index (κ3) is 4.29. The molecule has 1 heterocycles. The van der Waals surface area contributed by atoms with Crippen molar-refractivity contribution in [2.24, 2.45) is 5.14 Å². The minimum Gasteiger partial charge on any atom is -0.493 e. The summed E-state index contributed by atoms with van der Waals surface area (Å²) >= 11 is 0. The van der Waals surface area contributed by atoms with Gasteiger partial charge in [0.25, 0.3) is 11.8 Å². The van der Waals surface area contributed by atoms with Crippen LogP contribution in [0.4, 0.5) is 5.69 Å². The molecule has 2 aliphatic rings. The number of anilines is 1. The maximum absolute atomic E-state index is 13.4. The Morgan fingerprint density at radius 1 is 1.03 bits per heavy atom. The van der Waals surface area contributed by atoms with Gasteiger partial charge in [0.1, 0.15) is 6.04 Å². The number of nitrogens with zero attached hydrogens (tertiary/aromatic N) is 2. The van der Waals surface area contributed by atoms with Gasteiger partial charge in [0.15, 0.2) is 11.5 Å². The highest BCUT2D eigenvalue weighted by molar-refractivity contribution is 7.89. The first-order valence-corrected chi connectivity index (χ1v) is 11.7. The molecule has 1 aliphatic heterocycles. The van der Waals surface area contributed by atoms with Crippen LogP contribution in [0, 0.1) is 0 Å². The van der Waals surface area contributed by atoms with Crippen molar-refractivity contribution in [1.82, 2.24) is 4.90 Å². The van der Waals surface area contributed by atoms with E-state index < -0.39 is 27.9 Å². The van der Waals surface area contributed by atoms with Crippen molar-refractivity contribution in [2.45, 2.75) is 36.2 Å². The number of rotatable bonds is 7. The summed E-state index contributed by atoms with van der Waals surface area (Å²) in [6, 6.07) is 8.79. The lowest BCUT2D eigenvalue weighted by atomic mass is 10.1. The zero-order chi connectivity index (χ0) is 23.9. The highest BCUT2D eigenvalue weighted by Gasteiger charge is 2.49. The molecule has 0 spiro atoms. The van der Waals surface area contributed by atoms with Crippen molar-refractivity contribution >= 4 is 33.4 Å². The number of primary sulfonamides is 1. The van der Waals surface area contributed by atoms with Gasteiger partial charge in [0.05, 0.1) is 31.2 Å². The highest BCUT2D eigenvalue weighted by Crippen LogP contribution is 2.36.